The molecule has 2 saturated heterocycles. The van der Waals surface area contributed by atoms with Gasteiger partial charge in [-0.1, -0.05) is 37.5 Å². The molecule has 2 amide bonds. The summed E-state index contributed by atoms with van der Waals surface area (Å²) in [6, 6.07) is 16.5. The third-order valence-electron chi connectivity index (χ3n) is 8.34. The zero-order valence-corrected chi connectivity index (χ0v) is 21.1. The highest BCUT2D eigenvalue weighted by molar-refractivity contribution is 5.97. The number of carbonyl (C=O) groups excluding carboxylic acids is 2. The van der Waals surface area contributed by atoms with Gasteiger partial charge in [0.2, 0.25) is 0 Å². The van der Waals surface area contributed by atoms with Gasteiger partial charge < -0.3 is 14.4 Å². The van der Waals surface area contributed by atoms with Crippen LogP contribution in [0.2, 0.25) is 0 Å². The standard InChI is InChI=1S/C29H35N5O2/c1-21-30-26-18-23(12-13-27(26)34(21)24-10-6-3-7-11-24)29(36)32-16-14-31(15-17-32)25-19-33(20-25)28(35)22-8-4-2-5-9-22/h2,4-5,8-9,12-13,18,24-25H,3,6-7,10-11,14-17,19-20H2,1H3. The van der Waals surface area contributed by atoms with E-state index in [-0.39, 0.29) is 11.8 Å². The molecular formula is C29H35N5O2. The molecule has 188 valence electrons. The van der Waals surface area contributed by atoms with Crippen LogP contribution in [0, 0.1) is 6.92 Å². The second kappa shape index (κ2) is 9.69. The Morgan fingerprint density at radius 3 is 2.19 bits per heavy atom. The quantitative estimate of drug-likeness (QED) is 0.558. The van der Waals surface area contributed by atoms with Gasteiger partial charge in [-0.25, -0.2) is 4.98 Å². The normalized spacial score (nSPS) is 20.0. The van der Waals surface area contributed by atoms with Gasteiger partial charge in [0, 0.05) is 62.5 Å². The summed E-state index contributed by atoms with van der Waals surface area (Å²) in [4.78, 5) is 37.1. The average Bonchev–Trinajstić information content (AvgIpc) is 3.23. The van der Waals surface area contributed by atoms with Crippen molar-refractivity contribution in [3.05, 3.63) is 65.5 Å². The smallest absolute Gasteiger partial charge is 0.254 e. The highest BCUT2D eigenvalue weighted by Crippen LogP contribution is 2.32. The van der Waals surface area contributed by atoms with E-state index in [1.807, 2.05) is 52.3 Å². The molecule has 1 aliphatic carbocycles. The number of carbonyl (C=O) groups is 2. The lowest BCUT2D eigenvalue weighted by molar-refractivity contribution is 0.00854. The van der Waals surface area contributed by atoms with Crippen LogP contribution in [0.4, 0.5) is 0 Å². The van der Waals surface area contributed by atoms with Crippen molar-refractivity contribution in [1.82, 2.24) is 24.3 Å². The van der Waals surface area contributed by atoms with E-state index in [0.29, 0.717) is 12.1 Å². The molecule has 0 bridgehead atoms. The Morgan fingerprint density at radius 2 is 1.47 bits per heavy atom. The molecule has 7 nitrogen and oxygen atoms in total. The van der Waals surface area contributed by atoms with Crippen LogP contribution in [0.25, 0.3) is 11.0 Å². The molecule has 3 aliphatic rings. The zero-order valence-electron chi connectivity index (χ0n) is 21.1. The van der Waals surface area contributed by atoms with Crippen molar-refractivity contribution >= 4 is 22.8 Å². The first kappa shape index (κ1) is 23.2. The zero-order chi connectivity index (χ0) is 24.6. The molecule has 6 rings (SSSR count). The Kier molecular flexibility index (Phi) is 6.25. The number of amides is 2. The van der Waals surface area contributed by atoms with Crippen LogP contribution in [-0.4, -0.2) is 81.4 Å². The maximum Gasteiger partial charge on any atom is 0.254 e. The number of nitrogens with zero attached hydrogens (tertiary/aromatic N) is 5. The van der Waals surface area contributed by atoms with Crippen molar-refractivity contribution in [3.8, 4) is 0 Å². The first-order chi connectivity index (χ1) is 17.6. The highest BCUT2D eigenvalue weighted by Gasteiger charge is 2.37. The van der Waals surface area contributed by atoms with E-state index in [0.717, 1.165) is 67.3 Å². The van der Waals surface area contributed by atoms with Crippen LogP contribution >= 0.6 is 0 Å². The van der Waals surface area contributed by atoms with Crippen molar-refractivity contribution in [2.75, 3.05) is 39.3 Å². The summed E-state index contributed by atoms with van der Waals surface area (Å²) in [6.45, 7) is 6.75. The number of hydrogen-bond acceptors (Lipinski definition) is 4. The lowest BCUT2D eigenvalue weighted by Crippen LogP contribution is -2.64. The second-order valence-corrected chi connectivity index (χ2v) is 10.6. The molecule has 3 heterocycles. The number of hydrogen-bond donors (Lipinski definition) is 0. The molecule has 0 N–H and O–H groups in total. The molecule has 3 fully saturated rings. The summed E-state index contributed by atoms with van der Waals surface area (Å²) in [7, 11) is 0. The molecule has 36 heavy (non-hydrogen) atoms. The molecule has 1 saturated carbocycles. The van der Waals surface area contributed by atoms with Crippen molar-refractivity contribution < 1.29 is 9.59 Å². The molecular weight excluding hydrogens is 450 g/mol. The largest absolute Gasteiger partial charge is 0.336 e. The van der Waals surface area contributed by atoms with Gasteiger partial charge >= 0.3 is 0 Å². The van der Waals surface area contributed by atoms with Crippen LogP contribution in [0.3, 0.4) is 0 Å². The predicted octanol–water partition coefficient (Wildman–Crippen LogP) is 4.13. The number of aromatic nitrogens is 2. The van der Waals surface area contributed by atoms with Gasteiger partial charge in [0.15, 0.2) is 0 Å². The average molecular weight is 486 g/mol. The summed E-state index contributed by atoms with van der Waals surface area (Å²) < 4.78 is 2.39. The van der Waals surface area contributed by atoms with E-state index >= 15 is 0 Å². The number of likely N-dealkylation sites (tertiary alicyclic amines) is 1. The molecule has 0 unspecified atom stereocenters. The first-order valence-electron chi connectivity index (χ1n) is 13.4. The first-order valence-corrected chi connectivity index (χ1v) is 13.4. The summed E-state index contributed by atoms with van der Waals surface area (Å²) in [6.07, 6.45) is 6.34. The number of rotatable bonds is 4. The molecule has 2 aliphatic heterocycles. The van der Waals surface area contributed by atoms with Crippen molar-refractivity contribution in [2.24, 2.45) is 0 Å². The highest BCUT2D eigenvalue weighted by atomic mass is 16.2. The van der Waals surface area contributed by atoms with Gasteiger partial charge in [0.25, 0.3) is 11.8 Å². The maximum absolute atomic E-state index is 13.3. The summed E-state index contributed by atoms with van der Waals surface area (Å²) in [5.74, 6) is 1.25. The second-order valence-electron chi connectivity index (χ2n) is 10.6. The van der Waals surface area contributed by atoms with Crippen molar-refractivity contribution in [1.29, 1.82) is 0 Å². The van der Waals surface area contributed by atoms with Crippen molar-refractivity contribution in [3.63, 3.8) is 0 Å². The minimum absolute atomic E-state index is 0.0934. The van der Waals surface area contributed by atoms with Crippen LogP contribution in [0.15, 0.2) is 48.5 Å². The van der Waals surface area contributed by atoms with Gasteiger partial charge in [-0.05, 0) is 50.1 Å². The van der Waals surface area contributed by atoms with Crippen LogP contribution in [-0.2, 0) is 0 Å². The van der Waals surface area contributed by atoms with E-state index in [1.165, 1.54) is 32.1 Å². The van der Waals surface area contributed by atoms with Gasteiger partial charge in [-0.2, -0.15) is 0 Å². The summed E-state index contributed by atoms with van der Waals surface area (Å²) >= 11 is 0. The molecule has 0 spiro atoms. The van der Waals surface area contributed by atoms with Gasteiger partial charge in [-0.15, -0.1) is 0 Å². The Bertz CT molecular complexity index is 1250. The van der Waals surface area contributed by atoms with E-state index in [2.05, 4.69) is 22.5 Å². The van der Waals surface area contributed by atoms with Crippen LogP contribution in [0.5, 0.6) is 0 Å². The monoisotopic (exact) mass is 485 g/mol. The number of aryl methyl sites for hydroxylation is 1. The molecule has 0 radical (unpaired) electrons. The molecule has 1 aromatic heterocycles. The minimum atomic E-state index is 0.0934. The van der Waals surface area contributed by atoms with Crippen LogP contribution < -0.4 is 0 Å². The molecule has 2 aromatic carbocycles. The summed E-state index contributed by atoms with van der Waals surface area (Å²) in [5.41, 5.74) is 3.56. The maximum atomic E-state index is 13.3. The van der Waals surface area contributed by atoms with E-state index in [1.54, 1.807) is 0 Å². The van der Waals surface area contributed by atoms with Gasteiger partial charge in [-0.3, -0.25) is 14.5 Å². The Labute approximate surface area is 212 Å². The van der Waals surface area contributed by atoms with E-state index in [4.69, 9.17) is 4.98 Å². The fraction of sp³-hybridized carbons (Fsp3) is 0.483. The van der Waals surface area contributed by atoms with Crippen molar-refractivity contribution in [2.45, 2.75) is 51.1 Å². The number of piperazine rings is 1. The SMILES string of the molecule is Cc1nc2cc(C(=O)N3CCN(C4CN(C(=O)c5ccccc5)C4)CC3)ccc2n1C1CCCCC1. The Balaban J connectivity index is 1.06. The van der Waals surface area contributed by atoms with Gasteiger partial charge in [0.1, 0.15) is 5.82 Å². The topological polar surface area (TPSA) is 61.7 Å². The van der Waals surface area contributed by atoms with Crippen LogP contribution in [0.1, 0.15) is 64.7 Å². The lowest BCUT2D eigenvalue weighted by Gasteiger charge is -2.48. The molecule has 3 aromatic rings. The molecule has 7 heteroatoms. The number of fused-ring (bicyclic) bond motifs is 1. The number of imidazole rings is 1. The fourth-order valence-corrected chi connectivity index (χ4v) is 6.24. The van der Waals surface area contributed by atoms with E-state index < -0.39 is 0 Å². The fourth-order valence-electron chi connectivity index (χ4n) is 6.24. The third kappa shape index (κ3) is 4.30. The predicted molar refractivity (Wildman–Crippen MR) is 140 cm³/mol. The lowest BCUT2D eigenvalue weighted by atomic mass is 9.95. The Hall–Kier alpha value is -3.19. The van der Waals surface area contributed by atoms with E-state index in [9.17, 15) is 9.59 Å². The third-order valence-corrected chi connectivity index (χ3v) is 8.34. The Morgan fingerprint density at radius 1 is 0.778 bits per heavy atom. The summed E-state index contributed by atoms with van der Waals surface area (Å²) in [5, 5.41) is 0. The molecule has 0 atom stereocenters. The minimum Gasteiger partial charge on any atom is -0.336 e. The number of benzene rings is 2. The van der Waals surface area contributed by atoms with Gasteiger partial charge in [0.05, 0.1) is 11.0 Å².